The van der Waals surface area contributed by atoms with Crippen molar-refractivity contribution in [3.8, 4) is 0 Å². The van der Waals surface area contributed by atoms with E-state index in [0.29, 0.717) is 18.0 Å². The average Bonchev–Trinajstić information content (AvgIpc) is 2.40. The molecule has 106 valence electrons. The molecule has 4 heteroatoms. The van der Waals surface area contributed by atoms with Gasteiger partial charge in [-0.3, -0.25) is 4.90 Å². The van der Waals surface area contributed by atoms with E-state index in [0.717, 1.165) is 52.5 Å². The van der Waals surface area contributed by atoms with E-state index >= 15 is 0 Å². The lowest BCUT2D eigenvalue weighted by Crippen LogP contribution is -2.52. The highest BCUT2D eigenvalue weighted by molar-refractivity contribution is 4.84. The fourth-order valence-corrected chi connectivity index (χ4v) is 2.91. The van der Waals surface area contributed by atoms with E-state index in [9.17, 15) is 0 Å². The van der Waals surface area contributed by atoms with E-state index in [1.54, 1.807) is 0 Å². The van der Waals surface area contributed by atoms with Crippen LogP contribution < -0.4 is 5.32 Å². The highest BCUT2D eigenvalue weighted by Gasteiger charge is 2.29. The van der Waals surface area contributed by atoms with Gasteiger partial charge in [-0.25, -0.2) is 0 Å². The zero-order valence-electron chi connectivity index (χ0n) is 11.9. The Morgan fingerprint density at radius 1 is 1.22 bits per heavy atom. The lowest BCUT2D eigenvalue weighted by molar-refractivity contribution is -0.0336. The summed E-state index contributed by atoms with van der Waals surface area (Å²) in [4.78, 5) is 2.56. The topological polar surface area (TPSA) is 33.7 Å². The van der Waals surface area contributed by atoms with E-state index in [-0.39, 0.29) is 0 Å². The maximum atomic E-state index is 5.67. The van der Waals surface area contributed by atoms with Gasteiger partial charge in [0.1, 0.15) is 0 Å². The predicted molar refractivity (Wildman–Crippen MR) is 72.9 cm³/mol. The molecular formula is C14H28N2O2. The van der Waals surface area contributed by atoms with Crippen molar-refractivity contribution < 1.29 is 9.47 Å². The summed E-state index contributed by atoms with van der Waals surface area (Å²) in [7, 11) is 0. The van der Waals surface area contributed by atoms with Gasteiger partial charge < -0.3 is 14.8 Å². The molecule has 2 fully saturated rings. The summed E-state index contributed by atoms with van der Waals surface area (Å²) in [5, 5.41) is 3.69. The van der Waals surface area contributed by atoms with E-state index in [1.807, 2.05) is 0 Å². The first-order valence-corrected chi connectivity index (χ1v) is 7.44. The van der Waals surface area contributed by atoms with Crippen molar-refractivity contribution >= 4 is 0 Å². The quantitative estimate of drug-likeness (QED) is 0.799. The highest BCUT2D eigenvalue weighted by Crippen LogP contribution is 2.18. The molecule has 4 nitrogen and oxygen atoms in total. The van der Waals surface area contributed by atoms with Crippen molar-refractivity contribution in [2.24, 2.45) is 5.92 Å². The molecule has 18 heavy (non-hydrogen) atoms. The smallest absolute Gasteiger partial charge is 0.0619 e. The number of nitrogens with one attached hydrogen (secondary N) is 1. The molecule has 0 aromatic carbocycles. The lowest BCUT2D eigenvalue weighted by atomic mass is 9.94. The van der Waals surface area contributed by atoms with Gasteiger partial charge in [0.2, 0.25) is 0 Å². The van der Waals surface area contributed by atoms with Crippen LogP contribution in [-0.2, 0) is 9.47 Å². The third-order valence-corrected chi connectivity index (χ3v) is 4.10. The summed E-state index contributed by atoms with van der Waals surface area (Å²) < 4.78 is 11.2. The molecule has 1 N–H and O–H groups in total. The number of ether oxygens (including phenoxy) is 2. The molecule has 0 spiro atoms. The Hall–Kier alpha value is -0.160. The Kier molecular flexibility index (Phi) is 5.89. The van der Waals surface area contributed by atoms with Crippen molar-refractivity contribution in [2.45, 2.75) is 38.8 Å². The Labute approximate surface area is 111 Å². The summed E-state index contributed by atoms with van der Waals surface area (Å²) in [5.41, 5.74) is 0. The van der Waals surface area contributed by atoms with Crippen LogP contribution in [0.3, 0.4) is 0 Å². The number of morpholine rings is 1. The van der Waals surface area contributed by atoms with Crippen LogP contribution >= 0.6 is 0 Å². The Morgan fingerprint density at radius 3 is 2.83 bits per heavy atom. The SMILES string of the molecule is CCCNC1CCOCC1CN1CCOCC1C. The summed E-state index contributed by atoms with van der Waals surface area (Å²) in [5.74, 6) is 0.630. The fraction of sp³-hybridized carbons (Fsp3) is 1.00. The highest BCUT2D eigenvalue weighted by atomic mass is 16.5. The first-order valence-electron chi connectivity index (χ1n) is 7.44. The van der Waals surface area contributed by atoms with Crippen LogP contribution in [0.1, 0.15) is 26.7 Å². The van der Waals surface area contributed by atoms with Gasteiger partial charge >= 0.3 is 0 Å². The van der Waals surface area contributed by atoms with Crippen LogP contribution in [0.15, 0.2) is 0 Å². The van der Waals surface area contributed by atoms with Crippen LogP contribution in [0, 0.1) is 5.92 Å². The monoisotopic (exact) mass is 256 g/mol. The lowest BCUT2D eigenvalue weighted by Gasteiger charge is -2.40. The molecule has 2 heterocycles. The molecule has 0 aromatic heterocycles. The molecule has 0 radical (unpaired) electrons. The molecule has 2 rings (SSSR count). The van der Waals surface area contributed by atoms with Crippen LogP contribution in [0.25, 0.3) is 0 Å². The van der Waals surface area contributed by atoms with Crippen molar-refractivity contribution in [1.29, 1.82) is 0 Å². The van der Waals surface area contributed by atoms with Crippen molar-refractivity contribution in [1.82, 2.24) is 10.2 Å². The van der Waals surface area contributed by atoms with Crippen molar-refractivity contribution in [3.63, 3.8) is 0 Å². The molecule has 2 aliphatic heterocycles. The number of hydrogen-bond acceptors (Lipinski definition) is 4. The van der Waals surface area contributed by atoms with E-state index in [2.05, 4.69) is 24.1 Å². The fourth-order valence-electron chi connectivity index (χ4n) is 2.91. The maximum Gasteiger partial charge on any atom is 0.0619 e. The third kappa shape index (κ3) is 3.92. The minimum absolute atomic E-state index is 0.549. The van der Waals surface area contributed by atoms with Gasteiger partial charge in [-0.1, -0.05) is 6.92 Å². The largest absolute Gasteiger partial charge is 0.381 e. The first kappa shape index (κ1) is 14.3. The predicted octanol–water partition coefficient (Wildman–Crippen LogP) is 1.11. The minimum Gasteiger partial charge on any atom is -0.381 e. The van der Waals surface area contributed by atoms with Gasteiger partial charge in [-0.2, -0.15) is 0 Å². The van der Waals surface area contributed by atoms with Crippen LogP contribution in [0.4, 0.5) is 0 Å². The second-order valence-corrected chi connectivity index (χ2v) is 5.60. The van der Waals surface area contributed by atoms with Gasteiger partial charge in [0.05, 0.1) is 19.8 Å². The molecule has 0 saturated carbocycles. The Morgan fingerprint density at radius 2 is 2.06 bits per heavy atom. The Bertz CT molecular complexity index is 238. The summed E-state index contributed by atoms with van der Waals surface area (Å²) in [6.07, 6.45) is 2.36. The van der Waals surface area contributed by atoms with Gasteiger partial charge in [-0.05, 0) is 26.3 Å². The van der Waals surface area contributed by atoms with Crippen LogP contribution in [0.2, 0.25) is 0 Å². The summed E-state index contributed by atoms with van der Waals surface area (Å²) in [6.45, 7) is 11.4. The van der Waals surface area contributed by atoms with Crippen molar-refractivity contribution in [3.05, 3.63) is 0 Å². The standard InChI is InChI=1S/C14H28N2O2/c1-3-5-15-14-4-7-17-11-13(14)9-16-6-8-18-10-12(16)2/h12-15H,3-11H2,1-2H3. The first-order chi connectivity index (χ1) is 8.81. The minimum atomic E-state index is 0.549. The van der Waals surface area contributed by atoms with Gasteiger partial charge in [-0.15, -0.1) is 0 Å². The summed E-state index contributed by atoms with van der Waals surface area (Å²) in [6, 6.07) is 1.18. The molecule has 2 aliphatic rings. The molecule has 0 amide bonds. The molecule has 2 saturated heterocycles. The zero-order valence-corrected chi connectivity index (χ0v) is 11.9. The van der Waals surface area contributed by atoms with Crippen molar-refractivity contribution in [2.75, 3.05) is 46.1 Å². The van der Waals surface area contributed by atoms with Gasteiger partial charge in [0.15, 0.2) is 0 Å². The number of rotatable bonds is 5. The maximum absolute atomic E-state index is 5.67. The molecular weight excluding hydrogens is 228 g/mol. The molecule has 0 bridgehead atoms. The van der Waals surface area contributed by atoms with E-state index in [4.69, 9.17) is 9.47 Å². The molecule has 0 aliphatic carbocycles. The van der Waals surface area contributed by atoms with E-state index < -0.39 is 0 Å². The third-order valence-electron chi connectivity index (χ3n) is 4.10. The Balaban J connectivity index is 1.83. The van der Waals surface area contributed by atoms with Gasteiger partial charge in [0.25, 0.3) is 0 Å². The number of hydrogen-bond donors (Lipinski definition) is 1. The average molecular weight is 256 g/mol. The molecule has 3 atom stereocenters. The second kappa shape index (κ2) is 7.43. The molecule has 0 aromatic rings. The summed E-state index contributed by atoms with van der Waals surface area (Å²) >= 11 is 0. The second-order valence-electron chi connectivity index (χ2n) is 5.60. The molecule has 3 unspecified atom stereocenters. The van der Waals surface area contributed by atoms with Crippen LogP contribution in [0.5, 0.6) is 0 Å². The zero-order chi connectivity index (χ0) is 12.8. The number of nitrogens with zero attached hydrogens (tertiary/aromatic N) is 1. The van der Waals surface area contributed by atoms with E-state index in [1.165, 1.54) is 6.42 Å². The normalized spacial score (nSPS) is 34.7. The van der Waals surface area contributed by atoms with Crippen LogP contribution in [-0.4, -0.2) is 63.0 Å². The van der Waals surface area contributed by atoms with Gasteiger partial charge in [0, 0.05) is 37.7 Å².